The molecule has 3 N–H and O–H groups in total. The molecule has 88 valence electrons. The quantitative estimate of drug-likeness (QED) is 0.875. The van der Waals surface area contributed by atoms with Crippen LogP contribution in [0.5, 0.6) is 5.75 Å². The zero-order chi connectivity index (χ0) is 12.3. The van der Waals surface area contributed by atoms with Gasteiger partial charge in [-0.05, 0) is 12.1 Å². The second-order valence-corrected chi connectivity index (χ2v) is 3.71. The summed E-state index contributed by atoms with van der Waals surface area (Å²) >= 11 is 6.05. The Balaban J connectivity index is 2.29. The van der Waals surface area contributed by atoms with Crippen LogP contribution in [-0.2, 0) is 0 Å². The number of benzene rings is 1. The lowest BCUT2D eigenvalue weighted by Gasteiger charge is -2.09. The first-order chi connectivity index (χ1) is 8.19. The number of methoxy groups -OCH3 is 1. The van der Waals surface area contributed by atoms with Gasteiger partial charge in [0.05, 0.1) is 30.2 Å². The molecule has 1 aromatic heterocycles. The molecule has 6 heteroatoms. The summed E-state index contributed by atoms with van der Waals surface area (Å²) in [5, 5.41) is 3.59. The third-order valence-electron chi connectivity index (χ3n) is 2.09. The standard InChI is InChI=1S/C11H11ClN4O/c1-17-7-2-3-8(12)9(4-7)15-11-6-14-5-10(13)16-11/h2-6H,1H3,(H3,13,15,16). The molecule has 0 amide bonds. The Labute approximate surface area is 104 Å². The van der Waals surface area contributed by atoms with Gasteiger partial charge in [-0.25, -0.2) is 4.98 Å². The SMILES string of the molecule is COc1ccc(Cl)c(Nc2cncc(N)n2)c1. The number of nitrogens with zero attached hydrogens (tertiary/aromatic N) is 2. The minimum absolute atomic E-state index is 0.342. The Morgan fingerprint density at radius 3 is 2.88 bits per heavy atom. The molecular weight excluding hydrogens is 240 g/mol. The van der Waals surface area contributed by atoms with Gasteiger partial charge in [0.25, 0.3) is 0 Å². The fourth-order valence-electron chi connectivity index (χ4n) is 1.31. The van der Waals surface area contributed by atoms with E-state index in [0.717, 1.165) is 0 Å². The number of hydrogen-bond acceptors (Lipinski definition) is 5. The van der Waals surface area contributed by atoms with E-state index >= 15 is 0 Å². The molecular formula is C11H11ClN4O. The van der Waals surface area contributed by atoms with Crippen LogP contribution in [0.4, 0.5) is 17.3 Å². The van der Waals surface area contributed by atoms with Gasteiger partial charge in [-0.3, -0.25) is 4.98 Å². The van der Waals surface area contributed by atoms with Gasteiger partial charge >= 0.3 is 0 Å². The molecule has 0 fully saturated rings. The fourth-order valence-corrected chi connectivity index (χ4v) is 1.47. The van der Waals surface area contributed by atoms with Crippen LogP contribution >= 0.6 is 11.6 Å². The van der Waals surface area contributed by atoms with Gasteiger partial charge in [-0.15, -0.1) is 0 Å². The molecule has 0 saturated carbocycles. The van der Waals surface area contributed by atoms with Crippen LogP contribution in [0.2, 0.25) is 5.02 Å². The van der Waals surface area contributed by atoms with Crippen molar-refractivity contribution in [3.8, 4) is 5.75 Å². The van der Waals surface area contributed by atoms with E-state index in [-0.39, 0.29) is 0 Å². The summed E-state index contributed by atoms with van der Waals surface area (Å²) in [7, 11) is 1.59. The Hall–Kier alpha value is -2.01. The summed E-state index contributed by atoms with van der Waals surface area (Å²) in [4.78, 5) is 8.00. The highest BCUT2D eigenvalue weighted by Gasteiger charge is 2.04. The first kappa shape index (κ1) is 11.5. The maximum absolute atomic E-state index is 6.05. The summed E-state index contributed by atoms with van der Waals surface area (Å²) in [6, 6.07) is 5.29. The van der Waals surface area contributed by atoms with Crippen molar-refractivity contribution in [1.29, 1.82) is 0 Å². The van der Waals surface area contributed by atoms with E-state index in [1.807, 2.05) is 0 Å². The smallest absolute Gasteiger partial charge is 0.151 e. The molecule has 0 aliphatic carbocycles. The molecule has 1 aromatic carbocycles. The van der Waals surface area contributed by atoms with Crippen molar-refractivity contribution in [2.45, 2.75) is 0 Å². The van der Waals surface area contributed by atoms with E-state index in [0.29, 0.717) is 28.1 Å². The Morgan fingerprint density at radius 1 is 1.35 bits per heavy atom. The number of anilines is 3. The van der Waals surface area contributed by atoms with Gasteiger partial charge in [-0.2, -0.15) is 0 Å². The molecule has 0 aliphatic rings. The first-order valence-electron chi connectivity index (χ1n) is 4.87. The molecule has 0 spiro atoms. The number of rotatable bonds is 3. The van der Waals surface area contributed by atoms with Gasteiger partial charge in [-0.1, -0.05) is 11.6 Å². The monoisotopic (exact) mass is 250 g/mol. The Bertz CT molecular complexity index is 533. The minimum atomic E-state index is 0.342. The molecule has 0 aliphatic heterocycles. The number of nitrogens with two attached hydrogens (primary N) is 1. The molecule has 1 heterocycles. The van der Waals surface area contributed by atoms with E-state index in [4.69, 9.17) is 22.1 Å². The molecule has 0 radical (unpaired) electrons. The largest absolute Gasteiger partial charge is 0.497 e. The predicted molar refractivity (Wildman–Crippen MR) is 67.7 cm³/mol. The van der Waals surface area contributed by atoms with Crippen LogP contribution in [-0.4, -0.2) is 17.1 Å². The van der Waals surface area contributed by atoms with Gasteiger partial charge in [0.2, 0.25) is 0 Å². The molecule has 5 nitrogen and oxygen atoms in total. The summed E-state index contributed by atoms with van der Waals surface area (Å²) in [6.45, 7) is 0. The third-order valence-corrected chi connectivity index (χ3v) is 2.42. The van der Waals surface area contributed by atoms with Crippen LogP contribution in [0.1, 0.15) is 0 Å². The molecule has 2 rings (SSSR count). The highest BCUT2D eigenvalue weighted by Crippen LogP contribution is 2.28. The highest BCUT2D eigenvalue weighted by molar-refractivity contribution is 6.33. The van der Waals surface area contributed by atoms with Gasteiger partial charge in [0.15, 0.2) is 5.82 Å². The van der Waals surface area contributed by atoms with Crippen LogP contribution in [0.3, 0.4) is 0 Å². The number of nitrogen functional groups attached to an aromatic ring is 1. The normalized spacial score (nSPS) is 10.0. The second-order valence-electron chi connectivity index (χ2n) is 3.30. The van der Waals surface area contributed by atoms with Crippen molar-refractivity contribution >= 4 is 28.9 Å². The maximum Gasteiger partial charge on any atom is 0.151 e. The second kappa shape index (κ2) is 4.88. The number of hydrogen-bond donors (Lipinski definition) is 2. The minimum Gasteiger partial charge on any atom is -0.497 e. The Morgan fingerprint density at radius 2 is 2.18 bits per heavy atom. The number of ether oxygens (including phenoxy) is 1. The van der Waals surface area contributed by atoms with Crippen LogP contribution in [0.25, 0.3) is 0 Å². The van der Waals surface area contributed by atoms with Crippen molar-refractivity contribution in [2.75, 3.05) is 18.2 Å². The van der Waals surface area contributed by atoms with Crippen LogP contribution in [0, 0.1) is 0 Å². The lowest BCUT2D eigenvalue weighted by atomic mass is 10.3. The molecule has 0 bridgehead atoms. The summed E-state index contributed by atoms with van der Waals surface area (Å²) < 4.78 is 5.11. The van der Waals surface area contributed by atoms with Crippen molar-refractivity contribution < 1.29 is 4.74 Å². The van der Waals surface area contributed by atoms with Crippen molar-refractivity contribution in [3.63, 3.8) is 0 Å². The topological polar surface area (TPSA) is 73.1 Å². The first-order valence-corrected chi connectivity index (χ1v) is 5.25. The molecule has 0 saturated heterocycles. The predicted octanol–water partition coefficient (Wildman–Crippen LogP) is 2.46. The Kier molecular flexibility index (Phi) is 3.30. The molecule has 0 atom stereocenters. The van der Waals surface area contributed by atoms with Crippen molar-refractivity contribution in [3.05, 3.63) is 35.6 Å². The van der Waals surface area contributed by atoms with Crippen LogP contribution in [0.15, 0.2) is 30.6 Å². The lowest BCUT2D eigenvalue weighted by molar-refractivity contribution is 0.415. The molecule has 0 unspecified atom stereocenters. The van der Waals surface area contributed by atoms with Gasteiger partial charge < -0.3 is 15.8 Å². The van der Waals surface area contributed by atoms with E-state index < -0.39 is 0 Å². The fraction of sp³-hybridized carbons (Fsp3) is 0.0909. The molecule has 17 heavy (non-hydrogen) atoms. The number of nitrogens with one attached hydrogen (secondary N) is 1. The summed E-state index contributed by atoms with van der Waals surface area (Å²) in [5.74, 6) is 1.57. The van der Waals surface area contributed by atoms with Crippen molar-refractivity contribution in [2.24, 2.45) is 0 Å². The average molecular weight is 251 g/mol. The van der Waals surface area contributed by atoms with E-state index in [2.05, 4.69) is 15.3 Å². The summed E-state index contributed by atoms with van der Waals surface area (Å²) in [5.41, 5.74) is 6.22. The van der Waals surface area contributed by atoms with Gasteiger partial charge in [0.1, 0.15) is 11.6 Å². The van der Waals surface area contributed by atoms with E-state index in [9.17, 15) is 0 Å². The lowest BCUT2D eigenvalue weighted by Crippen LogP contribution is -1.99. The zero-order valence-electron chi connectivity index (χ0n) is 9.14. The van der Waals surface area contributed by atoms with E-state index in [1.54, 1.807) is 31.5 Å². The maximum atomic E-state index is 6.05. The number of halogens is 1. The highest BCUT2D eigenvalue weighted by atomic mass is 35.5. The third kappa shape index (κ3) is 2.76. The van der Waals surface area contributed by atoms with Crippen molar-refractivity contribution in [1.82, 2.24) is 9.97 Å². The van der Waals surface area contributed by atoms with E-state index in [1.165, 1.54) is 6.20 Å². The zero-order valence-corrected chi connectivity index (χ0v) is 9.90. The van der Waals surface area contributed by atoms with Crippen LogP contribution < -0.4 is 15.8 Å². The number of aromatic nitrogens is 2. The van der Waals surface area contributed by atoms with Gasteiger partial charge in [0, 0.05) is 6.07 Å². The molecule has 2 aromatic rings. The average Bonchev–Trinajstić information content (AvgIpc) is 2.32. The summed E-state index contributed by atoms with van der Waals surface area (Å²) in [6.07, 6.45) is 3.03.